The minimum absolute atomic E-state index is 0.633. The van der Waals surface area contributed by atoms with Gasteiger partial charge in [0, 0.05) is 5.71 Å². The standard InChI is InChI=1S/C11H19N/c1-7(2)10-6-12-9(5)11(10)8(3)4/h7-8H,6H2,1-5H3. The van der Waals surface area contributed by atoms with Crippen LogP contribution in [0.15, 0.2) is 16.1 Å². The quantitative estimate of drug-likeness (QED) is 0.596. The molecule has 1 heterocycles. The van der Waals surface area contributed by atoms with E-state index in [4.69, 9.17) is 0 Å². The molecule has 0 atom stereocenters. The lowest BCUT2D eigenvalue weighted by Crippen LogP contribution is -2.07. The fourth-order valence-corrected chi connectivity index (χ4v) is 1.89. The first-order chi connectivity index (χ1) is 5.54. The highest BCUT2D eigenvalue weighted by Crippen LogP contribution is 2.27. The Hall–Kier alpha value is -0.590. The van der Waals surface area contributed by atoms with Gasteiger partial charge in [-0.05, 0) is 29.9 Å². The lowest BCUT2D eigenvalue weighted by molar-refractivity contribution is 0.711. The lowest BCUT2D eigenvalue weighted by atomic mass is 9.90. The topological polar surface area (TPSA) is 12.4 Å². The molecule has 1 nitrogen and oxygen atoms in total. The third kappa shape index (κ3) is 1.60. The predicted molar refractivity (Wildman–Crippen MR) is 54.7 cm³/mol. The Morgan fingerprint density at radius 3 is 2.00 bits per heavy atom. The molecule has 0 aliphatic carbocycles. The van der Waals surface area contributed by atoms with E-state index in [9.17, 15) is 0 Å². The third-order valence-corrected chi connectivity index (χ3v) is 2.50. The van der Waals surface area contributed by atoms with Crippen molar-refractivity contribution in [3.63, 3.8) is 0 Å². The first kappa shape index (κ1) is 9.50. The van der Waals surface area contributed by atoms with Gasteiger partial charge in [0.15, 0.2) is 0 Å². The fraction of sp³-hybridized carbons (Fsp3) is 0.727. The summed E-state index contributed by atoms with van der Waals surface area (Å²) < 4.78 is 0. The van der Waals surface area contributed by atoms with Crippen LogP contribution in [0.1, 0.15) is 34.6 Å². The second-order valence-corrected chi connectivity index (χ2v) is 4.15. The highest BCUT2D eigenvalue weighted by Gasteiger charge is 2.20. The first-order valence-corrected chi connectivity index (χ1v) is 4.78. The van der Waals surface area contributed by atoms with Crippen molar-refractivity contribution in [1.82, 2.24) is 0 Å². The zero-order chi connectivity index (χ0) is 9.30. The molecule has 1 aliphatic rings. The maximum absolute atomic E-state index is 4.48. The molecule has 0 aromatic heterocycles. The molecule has 12 heavy (non-hydrogen) atoms. The van der Waals surface area contributed by atoms with E-state index in [0.717, 1.165) is 6.54 Å². The van der Waals surface area contributed by atoms with Gasteiger partial charge in [-0.2, -0.15) is 0 Å². The molecule has 0 N–H and O–H groups in total. The van der Waals surface area contributed by atoms with E-state index in [2.05, 4.69) is 39.6 Å². The van der Waals surface area contributed by atoms with Crippen LogP contribution < -0.4 is 0 Å². The van der Waals surface area contributed by atoms with Crippen molar-refractivity contribution >= 4 is 5.71 Å². The molecule has 0 amide bonds. The largest absolute Gasteiger partial charge is 0.285 e. The summed E-state index contributed by atoms with van der Waals surface area (Å²) in [5.41, 5.74) is 4.31. The van der Waals surface area contributed by atoms with Crippen LogP contribution in [0.3, 0.4) is 0 Å². The second-order valence-electron chi connectivity index (χ2n) is 4.15. The summed E-state index contributed by atoms with van der Waals surface area (Å²) in [6.45, 7) is 12.1. The van der Waals surface area contributed by atoms with Gasteiger partial charge < -0.3 is 0 Å². The summed E-state index contributed by atoms with van der Waals surface area (Å²) >= 11 is 0. The normalized spacial score (nSPS) is 18.1. The van der Waals surface area contributed by atoms with E-state index in [1.807, 2.05) is 0 Å². The highest BCUT2D eigenvalue weighted by atomic mass is 14.8. The molecular weight excluding hydrogens is 146 g/mol. The van der Waals surface area contributed by atoms with Crippen LogP contribution in [-0.4, -0.2) is 12.3 Å². The zero-order valence-electron chi connectivity index (χ0n) is 8.81. The summed E-state index contributed by atoms with van der Waals surface area (Å²) in [5, 5.41) is 0. The Balaban J connectivity index is 2.97. The third-order valence-electron chi connectivity index (χ3n) is 2.50. The Labute approximate surface area is 75.6 Å². The lowest BCUT2D eigenvalue weighted by Gasteiger charge is -2.13. The molecule has 0 aromatic rings. The van der Waals surface area contributed by atoms with Crippen LogP contribution in [0.5, 0.6) is 0 Å². The predicted octanol–water partition coefficient (Wildman–Crippen LogP) is 3.07. The van der Waals surface area contributed by atoms with Crippen molar-refractivity contribution in [1.29, 1.82) is 0 Å². The first-order valence-electron chi connectivity index (χ1n) is 4.78. The molecule has 0 saturated carbocycles. The van der Waals surface area contributed by atoms with Crippen LogP contribution in [0.2, 0.25) is 0 Å². The van der Waals surface area contributed by atoms with Crippen molar-refractivity contribution in [2.24, 2.45) is 16.8 Å². The van der Waals surface area contributed by atoms with Crippen LogP contribution in [-0.2, 0) is 0 Å². The van der Waals surface area contributed by atoms with Gasteiger partial charge in [-0.1, -0.05) is 27.7 Å². The van der Waals surface area contributed by atoms with Gasteiger partial charge in [-0.3, -0.25) is 4.99 Å². The van der Waals surface area contributed by atoms with Gasteiger partial charge >= 0.3 is 0 Å². The minimum Gasteiger partial charge on any atom is -0.285 e. The van der Waals surface area contributed by atoms with E-state index in [1.165, 1.54) is 11.3 Å². The van der Waals surface area contributed by atoms with Crippen LogP contribution >= 0.6 is 0 Å². The smallest absolute Gasteiger partial charge is 0.0611 e. The Bertz CT molecular complexity index is 231. The molecule has 0 radical (unpaired) electrons. The molecule has 0 saturated heterocycles. The molecule has 0 unspecified atom stereocenters. The van der Waals surface area contributed by atoms with Crippen LogP contribution in [0.25, 0.3) is 0 Å². The SMILES string of the molecule is CC1=NCC(C(C)C)=C1C(C)C. The Morgan fingerprint density at radius 1 is 1.08 bits per heavy atom. The summed E-state index contributed by atoms with van der Waals surface area (Å²) in [4.78, 5) is 4.48. The molecule has 0 fully saturated rings. The number of hydrogen-bond donors (Lipinski definition) is 0. The summed E-state index contributed by atoms with van der Waals surface area (Å²) in [5.74, 6) is 1.29. The van der Waals surface area contributed by atoms with Crippen LogP contribution in [0.4, 0.5) is 0 Å². The van der Waals surface area contributed by atoms with Crippen molar-refractivity contribution in [2.75, 3.05) is 6.54 Å². The van der Waals surface area contributed by atoms with Crippen LogP contribution in [0, 0.1) is 11.8 Å². The van der Waals surface area contributed by atoms with Crippen molar-refractivity contribution in [3.05, 3.63) is 11.1 Å². The monoisotopic (exact) mass is 165 g/mol. The Morgan fingerprint density at radius 2 is 1.67 bits per heavy atom. The van der Waals surface area contributed by atoms with Gasteiger partial charge in [0.2, 0.25) is 0 Å². The molecule has 1 heteroatoms. The van der Waals surface area contributed by atoms with E-state index >= 15 is 0 Å². The summed E-state index contributed by atoms with van der Waals surface area (Å²) in [6, 6.07) is 0. The average Bonchev–Trinajstić information content (AvgIpc) is 2.30. The second kappa shape index (κ2) is 3.42. The molecule has 0 spiro atoms. The van der Waals surface area contributed by atoms with E-state index in [-0.39, 0.29) is 0 Å². The number of nitrogens with zero attached hydrogens (tertiary/aromatic N) is 1. The maximum Gasteiger partial charge on any atom is 0.0611 e. The fourth-order valence-electron chi connectivity index (χ4n) is 1.89. The van der Waals surface area contributed by atoms with Crippen molar-refractivity contribution in [3.8, 4) is 0 Å². The highest BCUT2D eigenvalue weighted by molar-refractivity contribution is 6.01. The van der Waals surface area contributed by atoms with E-state index in [0.29, 0.717) is 11.8 Å². The number of allylic oxidation sites excluding steroid dienone is 1. The molecule has 0 bridgehead atoms. The molecule has 68 valence electrons. The van der Waals surface area contributed by atoms with Crippen molar-refractivity contribution < 1.29 is 0 Å². The number of rotatable bonds is 2. The van der Waals surface area contributed by atoms with E-state index in [1.54, 1.807) is 5.57 Å². The average molecular weight is 165 g/mol. The van der Waals surface area contributed by atoms with Gasteiger partial charge in [0.05, 0.1) is 6.54 Å². The summed E-state index contributed by atoms with van der Waals surface area (Å²) in [7, 11) is 0. The molecular formula is C11H19N. The molecule has 1 aliphatic heterocycles. The number of hydrogen-bond acceptors (Lipinski definition) is 1. The van der Waals surface area contributed by atoms with Gasteiger partial charge in [0.25, 0.3) is 0 Å². The van der Waals surface area contributed by atoms with Gasteiger partial charge in [-0.15, -0.1) is 0 Å². The zero-order valence-corrected chi connectivity index (χ0v) is 8.81. The van der Waals surface area contributed by atoms with E-state index < -0.39 is 0 Å². The summed E-state index contributed by atoms with van der Waals surface area (Å²) in [6.07, 6.45) is 0. The minimum atomic E-state index is 0.633. The number of aliphatic imine (C=N–C) groups is 1. The molecule has 1 rings (SSSR count). The maximum atomic E-state index is 4.48. The van der Waals surface area contributed by atoms with Gasteiger partial charge in [0.1, 0.15) is 0 Å². The van der Waals surface area contributed by atoms with Crippen molar-refractivity contribution in [2.45, 2.75) is 34.6 Å². The Kier molecular flexibility index (Phi) is 2.71. The molecule has 0 aromatic carbocycles. The van der Waals surface area contributed by atoms with Gasteiger partial charge in [-0.25, -0.2) is 0 Å².